The number of aryl methyl sites for hydroxylation is 4. The van der Waals surface area contributed by atoms with Gasteiger partial charge in [-0.2, -0.15) is 0 Å². The molecule has 0 aromatic heterocycles. The Hall–Kier alpha value is -2.49. The Kier molecular flexibility index (Phi) is 6.24. The molecule has 0 unspecified atom stereocenters. The Bertz CT molecular complexity index is 670. The van der Waals surface area contributed by atoms with Gasteiger partial charge in [0.05, 0.1) is 6.61 Å². The summed E-state index contributed by atoms with van der Waals surface area (Å²) in [6, 6.07) is 11.9. The molecule has 24 heavy (non-hydrogen) atoms. The maximum Gasteiger partial charge on any atom is 0.319 e. The summed E-state index contributed by atoms with van der Waals surface area (Å²) in [5.41, 5.74) is 5.26. The van der Waals surface area contributed by atoms with Crippen molar-refractivity contribution >= 4 is 11.7 Å². The molecule has 0 aliphatic heterocycles. The maximum absolute atomic E-state index is 12.0. The summed E-state index contributed by atoms with van der Waals surface area (Å²) < 4.78 is 5.83. The van der Waals surface area contributed by atoms with Crippen molar-refractivity contribution in [1.82, 2.24) is 5.32 Å². The first-order valence-corrected chi connectivity index (χ1v) is 8.29. The van der Waals surface area contributed by atoms with Gasteiger partial charge in [0.2, 0.25) is 0 Å². The van der Waals surface area contributed by atoms with E-state index in [1.54, 1.807) is 0 Å². The van der Waals surface area contributed by atoms with Crippen LogP contribution in [0, 0.1) is 27.7 Å². The zero-order valence-electron chi connectivity index (χ0n) is 14.9. The zero-order valence-corrected chi connectivity index (χ0v) is 14.9. The van der Waals surface area contributed by atoms with E-state index in [-0.39, 0.29) is 6.03 Å². The van der Waals surface area contributed by atoms with Gasteiger partial charge in [0, 0.05) is 12.2 Å². The first kappa shape index (κ1) is 17.9. The number of anilines is 1. The number of carbonyl (C=O) groups excluding carboxylic acids is 1. The second-order valence-electron chi connectivity index (χ2n) is 6.07. The van der Waals surface area contributed by atoms with Crippen LogP contribution in [0.4, 0.5) is 10.5 Å². The van der Waals surface area contributed by atoms with Crippen molar-refractivity contribution in [2.75, 3.05) is 18.5 Å². The predicted molar refractivity (Wildman–Crippen MR) is 99.0 cm³/mol. The van der Waals surface area contributed by atoms with Crippen LogP contribution < -0.4 is 15.4 Å². The van der Waals surface area contributed by atoms with Crippen LogP contribution in [0.15, 0.2) is 36.4 Å². The Labute approximate surface area is 144 Å². The van der Waals surface area contributed by atoms with Crippen molar-refractivity contribution < 1.29 is 9.53 Å². The highest BCUT2D eigenvalue weighted by Crippen LogP contribution is 2.22. The minimum atomic E-state index is -0.181. The van der Waals surface area contributed by atoms with Crippen LogP contribution in [0.25, 0.3) is 0 Å². The number of hydrogen-bond donors (Lipinski definition) is 2. The van der Waals surface area contributed by atoms with E-state index in [4.69, 9.17) is 4.74 Å². The van der Waals surface area contributed by atoms with Gasteiger partial charge in [-0.25, -0.2) is 4.79 Å². The SMILES string of the molecule is Cc1cccc(C)c1NC(=O)NCCCOc1c(C)cccc1C. The molecule has 4 heteroatoms. The van der Waals surface area contributed by atoms with Crippen LogP contribution >= 0.6 is 0 Å². The van der Waals surface area contributed by atoms with Gasteiger partial charge < -0.3 is 15.4 Å². The summed E-state index contributed by atoms with van der Waals surface area (Å²) >= 11 is 0. The van der Waals surface area contributed by atoms with Gasteiger partial charge in [0.25, 0.3) is 0 Å². The average Bonchev–Trinajstić information content (AvgIpc) is 2.53. The molecule has 128 valence electrons. The van der Waals surface area contributed by atoms with Gasteiger partial charge >= 0.3 is 6.03 Å². The summed E-state index contributed by atoms with van der Waals surface area (Å²) in [4.78, 5) is 12.0. The molecular weight excluding hydrogens is 300 g/mol. The normalized spacial score (nSPS) is 10.3. The highest BCUT2D eigenvalue weighted by atomic mass is 16.5. The van der Waals surface area contributed by atoms with E-state index in [9.17, 15) is 4.79 Å². The molecule has 0 fully saturated rings. The fourth-order valence-electron chi connectivity index (χ4n) is 2.64. The molecule has 0 aliphatic carbocycles. The van der Waals surface area contributed by atoms with E-state index < -0.39 is 0 Å². The van der Waals surface area contributed by atoms with Gasteiger partial charge in [-0.1, -0.05) is 36.4 Å². The molecule has 2 N–H and O–H groups in total. The van der Waals surface area contributed by atoms with E-state index in [0.29, 0.717) is 13.2 Å². The number of amides is 2. The Balaban J connectivity index is 1.74. The molecule has 2 rings (SSSR count). The number of ether oxygens (including phenoxy) is 1. The third kappa shape index (κ3) is 4.75. The first-order chi connectivity index (χ1) is 11.5. The first-order valence-electron chi connectivity index (χ1n) is 8.29. The molecule has 0 radical (unpaired) electrons. The van der Waals surface area contributed by atoms with Crippen molar-refractivity contribution in [2.45, 2.75) is 34.1 Å². The topological polar surface area (TPSA) is 50.4 Å². The van der Waals surface area contributed by atoms with Crippen LogP contribution in [-0.2, 0) is 0 Å². The third-order valence-electron chi connectivity index (χ3n) is 3.98. The van der Waals surface area contributed by atoms with Crippen LogP contribution in [0.1, 0.15) is 28.7 Å². The predicted octanol–water partition coefficient (Wildman–Crippen LogP) is 4.51. The van der Waals surface area contributed by atoms with Crippen LogP contribution in [0.3, 0.4) is 0 Å². The molecule has 0 saturated carbocycles. The standard InChI is InChI=1S/C20H26N2O2/c1-14-8-5-9-15(2)18(14)22-20(23)21-12-7-13-24-19-16(3)10-6-11-17(19)4/h5-6,8-11H,7,12-13H2,1-4H3,(H2,21,22,23). The van der Waals surface area contributed by atoms with Gasteiger partial charge in [0.1, 0.15) is 5.75 Å². The lowest BCUT2D eigenvalue weighted by Crippen LogP contribution is -2.30. The van der Waals surface area contributed by atoms with Crippen molar-refractivity contribution in [3.63, 3.8) is 0 Å². The van der Waals surface area contributed by atoms with Gasteiger partial charge in [-0.15, -0.1) is 0 Å². The number of benzene rings is 2. The molecule has 0 spiro atoms. The van der Waals surface area contributed by atoms with Gasteiger partial charge in [-0.05, 0) is 56.4 Å². The summed E-state index contributed by atoms with van der Waals surface area (Å²) in [6.45, 7) is 9.20. The minimum Gasteiger partial charge on any atom is -0.493 e. The van der Waals surface area contributed by atoms with Gasteiger partial charge in [0.15, 0.2) is 0 Å². The van der Waals surface area contributed by atoms with E-state index in [0.717, 1.165) is 40.1 Å². The van der Waals surface area contributed by atoms with Crippen molar-refractivity contribution in [1.29, 1.82) is 0 Å². The summed E-state index contributed by atoms with van der Waals surface area (Å²) in [6.07, 6.45) is 0.758. The van der Waals surface area contributed by atoms with Crippen molar-refractivity contribution in [3.8, 4) is 5.75 Å². The lowest BCUT2D eigenvalue weighted by molar-refractivity contribution is 0.250. The molecular formula is C20H26N2O2. The van der Waals surface area contributed by atoms with E-state index in [1.165, 1.54) is 0 Å². The van der Waals surface area contributed by atoms with Crippen molar-refractivity contribution in [3.05, 3.63) is 58.7 Å². The average molecular weight is 326 g/mol. The number of para-hydroxylation sites is 2. The van der Waals surface area contributed by atoms with Crippen LogP contribution in [-0.4, -0.2) is 19.2 Å². The zero-order chi connectivity index (χ0) is 17.5. The monoisotopic (exact) mass is 326 g/mol. The summed E-state index contributed by atoms with van der Waals surface area (Å²) in [7, 11) is 0. The highest BCUT2D eigenvalue weighted by Gasteiger charge is 2.07. The number of carbonyl (C=O) groups is 1. The van der Waals surface area contributed by atoms with E-state index in [1.807, 2.05) is 64.1 Å². The summed E-state index contributed by atoms with van der Waals surface area (Å²) in [5, 5.41) is 5.79. The summed E-state index contributed by atoms with van der Waals surface area (Å²) in [5.74, 6) is 0.942. The number of hydrogen-bond acceptors (Lipinski definition) is 2. The number of urea groups is 1. The third-order valence-corrected chi connectivity index (χ3v) is 3.98. The van der Waals surface area contributed by atoms with E-state index in [2.05, 4.69) is 10.6 Å². The molecule has 2 aromatic rings. The Morgan fingerprint density at radius 3 is 2.04 bits per heavy atom. The quantitative estimate of drug-likeness (QED) is 0.767. The van der Waals surface area contributed by atoms with E-state index >= 15 is 0 Å². The Morgan fingerprint density at radius 2 is 1.46 bits per heavy atom. The number of rotatable bonds is 6. The number of nitrogens with one attached hydrogen (secondary N) is 2. The second kappa shape index (κ2) is 8.39. The fraction of sp³-hybridized carbons (Fsp3) is 0.350. The van der Waals surface area contributed by atoms with Gasteiger partial charge in [-0.3, -0.25) is 0 Å². The molecule has 0 heterocycles. The highest BCUT2D eigenvalue weighted by molar-refractivity contribution is 5.90. The molecule has 0 bridgehead atoms. The largest absolute Gasteiger partial charge is 0.493 e. The molecule has 2 amide bonds. The van der Waals surface area contributed by atoms with Crippen LogP contribution in [0.2, 0.25) is 0 Å². The lowest BCUT2D eigenvalue weighted by atomic mass is 10.1. The lowest BCUT2D eigenvalue weighted by Gasteiger charge is -2.13. The molecule has 2 aromatic carbocycles. The molecule has 0 saturated heterocycles. The molecule has 0 atom stereocenters. The smallest absolute Gasteiger partial charge is 0.319 e. The Morgan fingerprint density at radius 1 is 0.917 bits per heavy atom. The minimum absolute atomic E-state index is 0.181. The molecule has 0 aliphatic rings. The van der Waals surface area contributed by atoms with Crippen molar-refractivity contribution in [2.24, 2.45) is 0 Å². The maximum atomic E-state index is 12.0. The second-order valence-corrected chi connectivity index (χ2v) is 6.07. The fourth-order valence-corrected chi connectivity index (χ4v) is 2.64. The molecule has 4 nitrogen and oxygen atoms in total. The van der Waals surface area contributed by atoms with Crippen LogP contribution in [0.5, 0.6) is 5.75 Å².